The van der Waals surface area contributed by atoms with Crippen LogP contribution in [0, 0.1) is 17.8 Å². The number of aliphatic hydroxyl groups excluding tert-OH is 1. The molecule has 34 heteroatoms. The Balaban J connectivity index is -0.00000134. The van der Waals surface area contributed by atoms with E-state index in [0.29, 0.717) is 46.1 Å². The van der Waals surface area contributed by atoms with Crippen LogP contribution in [0.2, 0.25) is 0 Å². The number of aromatic nitrogens is 8. The first kappa shape index (κ1) is 116. The Morgan fingerprint density at radius 1 is 0.478 bits per heavy atom. The first-order chi connectivity index (χ1) is 52.6. The van der Waals surface area contributed by atoms with E-state index in [1.165, 1.54) is 22.3 Å². The lowest BCUT2D eigenvalue weighted by Gasteiger charge is -2.17. The van der Waals surface area contributed by atoms with Gasteiger partial charge in [0.25, 0.3) is 0 Å². The fourth-order valence-corrected chi connectivity index (χ4v) is 10.8. The van der Waals surface area contributed by atoms with Gasteiger partial charge in [0.05, 0.1) is 49.9 Å². The normalized spacial score (nSPS) is 15.0. The molecule has 17 atom stereocenters. The summed E-state index contributed by atoms with van der Waals surface area (Å²) < 4.78 is 52.6. The quantitative estimate of drug-likeness (QED) is 0.0151. The molecule has 3 aliphatic heterocycles. The molecule has 3 fully saturated rings. The van der Waals surface area contributed by atoms with Gasteiger partial charge in [0.15, 0.2) is 0 Å². The van der Waals surface area contributed by atoms with E-state index in [0.717, 1.165) is 86.7 Å². The molecule has 4 aromatic carbocycles. The van der Waals surface area contributed by atoms with Crippen molar-refractivity contribution in [1.29, 1.82) is 0 Å². The second kappa shape index (κ2) is 69.0. The molecule has 3 aliphatic rings. The van der Waals surface area contributed by atoms with E-state index in [2.05, 4.69) is 274 Å². The van der Waals surface area contributed by atoms with E-state index in [1.54, 1.807) is 6.20 Å². The second-order valence-electron chi connectivity index (χ2n) is 26.3. The van der Waals surface area contributed by atoms with Crippen LogP contribution in [-0.2, 0) is 78.5 Å². The topological polar surface area (TPSA) is 198 Å². The zero-order valence-corrected chi connectivity index (χ0v) is 80.1. The number of hydrogen-bond donors (Lipinski definition) is 1. The van der Waals surface area contributed by atoms with Crippen molar-refractivity contribution in [2.45, 2.75) is 177 Å². The van der Waals surface area contributed by atoms with E-state index >= 15 is 0 Å². The van der Waals surface area contributed by atoms with Crippen LogP contribution in [-0.4, -0.2) is 118 Å². The summed E-state index contributed by atoms with van der Waals surface area (Å²) in [5.74, 6) is -1.31. The Hall–Kier alpha value is -3.62. The Kier molecular flexibility index (Phi) is 69.3. The molecule has 0 aliphatic carbocycles. The SMILES string of the molecule is C.C.C=CC(=O)OCC1CO1.C=Cn1cc[n+](Cc2ccccc2)c1.CCC(CC(C)C(=O)OCC1CO1)n1cc[n+](Cc2ccccc2)c1.CCC(CC(C)C(=O)OCC1CO1)n1cc[n+](Cc2ccccc2)c1.CCC(O)COC(=O)C(C)CC(CC)n1cc[n+](Cc2ccccc2)c1.PP(P)P.PPP.PPP.[Cl-].[Cl-].[Cl-].[Cl-]. The van der Waals surface area contributed by atoms with E-state index < -0.39 is 6.10 Å². The molecule has 644 valence electrons. The third-order valence-electron chi connectivity index (χ3n) is 17.2. The summed E-state index contributed by atoms with van der Waals surface area (Å²) in [6.07, 6.45) is 33.4. The third-order valence-corrected chi connectivity index (χ3v) is 17.2. The van der Waals surface area contributed by atoms with Crippen molar-refractivity contribution in [3.8, 4) is 0 Å². The molecule has 4 aromatic heterocycles. The number of imidazole rings is 4. The molecule has 20 nitrogen and oxygen atoms in total. The third kappa shape index (κ3) is 52.3. The minimum absolute atomic E-state index is 0. The maximum atomic E-state index is 12.1. The van der Waals surface area contributed by atoms with Crippen LogP contribution >= 0.6 is 85.4 Å². The number of halogens is 4. The standard InChI is InChI=1S/C21H31N2O3.2C20H27N2O3.C12H13N2.C6H8O3.2CH4.4ClH.H6P4.2H5P3/c1-4-19(13-17(3)21(25)26-15-20(24)5-2)23-12-11-22(16-23)14-18-9-7-6-8-10-18;2*1-3-18(11-16(2)20(23)25-14-19-13-24-19)22-10-9-21(15-22)12-17-7-5-4-6-8-17;1-2-13-8-9-14(11-13)10-12-6-4-3-5-7-12;1-2-6(7)9-4-5-3-8-5;;;;;;;1-4(2)3;2*1-3-2/h6-12,16-17,19-20,24H,4-5,13-15H2,1-3H3;2*4-10,15-16,18-19H,3,11-14H2,1-2H3;2-9,11H,1,10H2;2,5H,1,3-4H2;2*1H4;4*1H;1-3H2;2*3H,1-2H2/q4*+1;;;;;;;;;;/p-4. The van der Waals surface area contributed by atoms with Gasteiger partial charge in [-0.2, -0.15) is 0 Å². The number of aliphatic hydroxyl groups is 1. The average Bonchev–Trinajstić information content (AvgIpc) is 1.74. The van der Waals surface area contributed by atoms with Crippen molar-refractivity contribution in [3.63, 3.8) is 0 Å². The Morgan fingerprint density at radius 2 is 0.739 bits per heavy atom. The molecule has 115 heavy (non-hydrogen) atoms. The zero-order valence-electron chi connectivity index (χ0n) is 66.1. The van der Waals surface area contributed by atoms with Crippen molar-refractivity contribution in [2.24, 2.45) is 17.8 Å². The van der Waals surface area contributed by atoms with Crippen LogP contribution in [0.15, 0.2) is 215 Å². The summed E-state index contributed by atoms with van der Waals surface area (Å²) in [4.78, 5) is 46.7. The Bertz CT molecular complexity index is 3660. The number of ether oxygens (including phenoxy) is 7. The fraction of sp³-hybridized carbons (Fsp3) is 0.457. The first-order valence-corrected chi connectivity index (χ1v) is 52.3. The lowest BCUT2D eigenvalue weighted by molar-refractivity contribution is -0.688. The van der Waals surface area contributed by atoms with Crippen LogP contribution in [0.3, 0.4) is 0 Å². The molecule has 7 heterocycles. The predicted octanol–water partition coefficient (Wildman–Crippen LogP) is 4.26. The lowest BCUT2D eigenvalue weighted by atomic mass is 10.00. The van der Waals surface area contributed by atoms with Crippen molar-refractivity contribution in [1.82, 2.24) is 18.3 Å². The number of carbonyl (C=O) groups is 4. The summed E-state index contributed by atoms with van der Waals surface area (Å²) in [6.45, 7) is 28.0. The second-order valence-corrected chi connectivity index (χ2v) is 46.6. The van der Waals surface area contributed by atoms with Gasteiger partial charge in [0.2, 0.25) is 25.3 Å². The number of rotatable bonds is 34. The molecule has 1 N–H and O–H groups in total. The molecule has 8 aromatic rings. The summed E-state index contributed by atoms with van der Waals surface area (Å²) in [5, 5.41) is 9.53. The van der Waals surface area contributed by atoms with Crippen LogP contribution in [0.5, 0.6) is 0 Å². The van der Waals surface area contributed by atoms with E-state index in [1.807, 2.05) is 87.4 Å². The maximum Gasteiger partial charge on any atom is 0.330 e. The Morgan fingerprint density at radius 3 is 0.983 bits per heavy atom. The summed E-state index contributed by atoms with van der Waals surface area (Å²) in [5.41, 5.74) is 5.11. The van der Waals surface area contributed by atoms with Crippen LogP contribution < -0.4 is 67.9 Å². The number of epoxide rings is 3. The van der Waals surface area contributed by atoms with Gasteiger partial charge in [0.1, 0.15) is 139 Å². The Labute approximate surface area is 732 Å². The highest BCUT2D eigenvalue weighted by atomic mass is 35.5. The van der Waals surface area contributed by atoms with Gasteiger partial charge in [-0.1, -0.05) is 214 Å². The van der Waals surface area contributed by atoms with Gasteiger partial charge in [-0.3, -0.25) is 14.4 Å². The van der Waals surface area contributed by atoms with E-state index in [4.69, 9.17) is 28.4 Å². The van der Waals surface area contributed by atoms with Gasteiger partial charge in [-0.05, 0) is 54.9 Å². The van der Waals surface area contributed by atoms with Gasteiger partial charge < -0.3 is 87.9 Å². The monoisotopic (exact) mass is 1860 g/mol. The first-order valence-electron chi connectivity index (χ1n) is 36.8. The summed E-state index contributed by atoms with van der Waals surface area (Å²) in [7, 11) is 20.1. The van der Waals surface area contributed by atoms with Gasteiger partial charge >= 0.3 is 23.9 Å². The molecule has 0 amide bonds. The van der Waals surface area contributed by atoms with Crippen molar-refractivity contribution >= 4 is 115 Å². The number of esters is 4. The molecule has 0 bridgehead atoms. The van der Waals surface area contributed by atoms with Gasteiger partial charge in [0, 0.05) is 25.3 Å². The summed E-state index contributed by atoms with van der Waals surface area (Å²) in [6, 6.07) is 42.4. The highest BCUT2D eigenvalue weighted by molar-refractivity contribution is 8.65. The van der Waals surface area contributed by atoms with Crippen LogP contribution in [0.4, 0.5) is 0 Å². The van der Waals surface area contributed by atoms with Crippen molar-refractivity contribution in [2.75, 3.05) is 46.2 Å². The van der Waals surface area contributed by atoms with Gasteiger partial charge in [-0.15, -0.1) is 62.5 Å². The molecule has 0 saturated carbocycles. The average molecular weight is 1860 g/mol. The van der Waals surface area contributed by atoms with E-state index in [-0.39, 0.29) is 156 Å². The number of nitrogens with zero attached hydrogens (tertiary/aromatic N) is 8. The highest BCUT2D eigenvalue weighted by Crippen LogP contribution is 2.60. The lowest BCUT2D eigenvalue weighted by Crippen LogP contribution is -3.00. The van der Waals surface area contributed by atoms with E-state index in [9.17, 15) is 24.3 Å². The maximum absolute atomic E-state index is 12.1. The molecule has 11 rings (SSSR count). The van der Waals surface area contributed by atoms with Crippen molar-refractivity contribution in [3.05, 3.63) is 238 Å². The molecule has 3 saturated heterocycles. The van der Waals surface area contributed by atoms with Crippen LogP contribution in [0.25, 0.3) is 6.20 Å². The number of hydrogen-bond acceptors (Lipinski definition) is 12. The number of benzene rings is 4. The minimum atomic E-state index is -0.575. The predicted molar refractivity (Wildman–Crippen MR) is 481 cm³/mol. The van der Waals surface area contributed by atoms with Crippen LogP contribution in [0.1, 0.15) is 149 Å². The molecule has 0 radical (unpaired) electrons. The summed E-state index contributed by atoms with van der Waals surface area (Å²) >= 11 is 0. The van der Waals surface area contributed by atoms with Gasteiger partial charge in [-0.25, -0.2) is 41.3 Å². The van der Waals surface area contributed by atoms with Crippen molar-refractivity contribution < 1.29 is 125 Å². The zero-order chi connectivity index (χ0) is 79.7. The highest BCUT2D eigenvalue weighted by Gasteiger charge is 2.31. The fourth-order valence-electron chi connectivity index (χ4n) is 10.8. The smallest absolute Gasteiger partial charge is 0.330 e. The number of carbonyl (C=O) groups excluding carboxylic acids is 4. The molecule has 0 spiro atoms. The minimum Gasteiger partial charge on any atom is -1.00 e. The molecular formula is C81H130Cl4N8O12P10. The molecule has 17 unspecified atom stereocenters. The molecular weight excluding hydrogens is 1730 g/mol. The largest absolute Gasteiger partial charge is 1.00 e.